The van der Waals surface area contributed by atoms with Crippen LogP contribution in [-0.2, 0) is 10.0 Å². The molecule has 1 saturated heterocycles. The highest BCUT2D eigenvalue weighted by Crippen LogP contribution is 2.26. The molecule has 1 heterocycles. The summed E-state index contributed by atoms with van der Waals surface area (Å²) in [4.78, 5) is 2.33. The molecule has 0 spiro atoms. The number of hydrogen-bond donors (Lipinski definition) is 1. The van der Waals surface area contributed by atoms with Gasteiger partial charge in [0.25, 0.3) is 0 Å². The van der Waals surface area contributed by atoms with Crippen LogP contribution in [0, 0.1) is 0 Å². The second-order valence-electron chi connectivity index (χ2n) is 4.74. The van der Waals surface area contributed by atoms with Crippen molar-refractivity contribution >= 4 is 31.6 Å². The first-order valence-electron chi connectivity index (χ1n) is 6.15. The third kappa shape index (κ3) is 3.28. The predicted octanol–water partition coefficient (Wildman–Crippen LogP) is 1.36. The number of nitrogens with zero attached hydrogens (tertiary/aromatic N) is 2. The van der Waals surface area contributed by atoms with Gasteiger partial charge in [0.05, 0.1) is 5.69 Å². The molecule has 0 saturated carbocycles. The van der Waals surface area contributed by atoms with E-state index in [0.717, 1.165) is 19.5 Å². The van der Waals surface area contributed by atoms with Crippen LogP contribution < -0.4 is 5.73 Å². The van der Waals surface area contributed by atoms with Crippen LogP contribution in [0.15, 0.2) is 27.6 Å². The van der Waals surface area contributed by atoms with E-state index >= 15 is 0 Å². The van der Waals surface area contributed by atoms with E-state index in [1.54, 1.807) is 18.2 Å². The Morgan fingerprint density at radius 3 is 2.68 bits per heavy atom. The second kappa shape index (κ2) is 5.78. The smallest absolute Gasteiger partial charge is 0.245 e. The first kappa shape index (κ1) is 14.8. The molecule has 5 nitrogen and oxygen atoms in total. The van der Waals surface area contributed by atoms with Gasteiger partial charge in [-0.2, -0.15) is 4.31 Å². The topological polar surface area (TPSA) is 66.6 Å². The summed E-state index contributed by atoms with van der Waals surface area (Å²) in [7, 11) is -1.51. The van der Waals surface area contributed by atoms with E-state index in [1.165, 1.54) is 4.31 Å². The zero-order valence-electron chi connectivity index (χ0n) is 10.8. The Labute approximate surface area is 122 Å². The molecule has 0 unspecified atom stereocenters. The van der Waals surface area contributed by atoms with Crippen molar-refractivity contribution in [2.45, 2.75) is 11.3 Å². The van der Waals surface area contributed by atoms with Crippen molar-refractivity contribution in [3.05, 3.63) is 22.7 Å². The van der Waals surface area contributed by atoms with Crippen molar-refractivity contribution in [1.29, 1.82) is 0 Å². The first-order valence-corrected chi connectivity index (χ1v) is 8.38. The normalized spacial score (nSPS) is 19.3. The Hall–Kier alpha value is -0.630. The van der Waals surface area contributed by atoms with Crippen molar-refractivity contribution in [3.8, 4) is 0 Å². The largest absolute Gasteiger partial charge is 0.398 e. The molecule has 106 valence electrons. The van der Waals surface area contributed by atoms with Gasteiger partial charge in [0.15, 0.2) is 0 Å². The molecule has 2 rings (SSSR count). The van der Waals surface area contributed by atoms with Gasteiger partial charge >= 0.3 is 0 Å². The number of nitrogen functional groups attached to an aromatic ring is 1. The first-order chi connectivity index (χ1) is 8.91. The number of hydrogen-bond acceptors (Lipinski definition) is 4. The number of sulfonamides is 1. The Morgan fingerprint density at radius 2 is 1.95 bits per heavy atom. The van der Waals surface area contributed by atoms with E-state index in [-0.39, 0.29) is 4.90 Å². The number of likely N-dealkylation sites (N-methyl/N-ethyl adjacent to an activating group) is 1. The van der Waals surface area contributed by atoms with E-state index in [1.807, 2.05) is 7.05 Å². The molecule has 7 heteroatoms. The quantitative estimate of drug-likeness (QED) is 0.820. The lowest BCUT2D eigenvalue weighted by Crippen LogP contribution is -2.34. The minimum Gasteiger partial charge on any atom is -0.398 e. The monoisotopic (exact) mass is 347 g/mol. The van der Waals surface area contributed by atoms with E-state index < -0.39 is 10.0 Å². The highest BCUT2D eigenvalue weighted by atomic mass is 79.9. The molecule has 1 fully saturated rings. The fraction of sp³-hybridized carbons (Fsp3) is 0.500. The van der Waals surface area contributed by atoms with Crippen molar-refractivity contribution in [2.24, 2.45) is 0 Å². The van der Waals surface area contributed by atoms with Crippen LogP contribution in [-0.4, -0.2) is 50.8 Å². The molecule has 2 N–H and O–H groups in total. The average molecular weight is 348 g/mol. The summed E-state index contributed by atoms with van der Waals surface area (Å²) in [5, 5.41) is 0. The number of benzene rings is 1. The van der Waals surface area contributed by atoms with Gasteiger partial charge in [-0.3, -0.25) is 0 Å². The molecular weight excluding hydrogens is 330 g/mol. The number of anilines is 1. The maximum Gasteiger partial charge on any atom is 0.245 e. The lowest BCUT2D eigenvalue weighted by molar-refractivity contribution is 0.347. The molecular formula is C12H18BrN3O2S. The van der Waals surface area contributed by atoms with Gasteiger partial charge in [0.2, 0.25) is 10.0 Å². The molecule has 0 aromatic heterocycles. The summed E-state index contributed by atoms with van der Waals surface area (Å²) in [6, 6.07) is 4.92. The van der Waals surface area contributed by atoms with Crippen LogP contribution in [0.2, 0.25) is 0 Å². The minimum absolute atomic E-state index is 0.187. The fourth-order valence-corrected chi connectivity index (χ4v) is 4.26. The number of rotatable bonds is 2. The summed E-state index contributed by atoms with van der Waals surface area (Å²) in [5.74, 6) is 0. The van der Waals surface area contributed by atoms with Crippen molar-refractivity contribution in [2.75, 3.05) is 39.0 Å². The third-order valence-electron chi connectivity index (χ3n) is 3.27. The Balaban J connectivity index is 2.33. The van der Waals surface area contributed by atoms with Gasteiger partial charge in [0.1, 0.15) is 4.90 Å². The summed E-state index contributed by atoms with van der Waals surface area (Å²) < 4.78 is 27.5. The van der Waals surface area contributed by atoms with E-state index in [9.17, 15) is 8.42 Å². The van der Waals surface area contributed by atoms with Gasteiger partial charge < -0.3 is 10.6 Å². The van der Waals surface area contributed by atoms with Crippen molar-refractivity contribution < 1.29 is 8.42 Å². The standard InChI is InChI=1S/C12H18BrN3O2S/c1-15-5-2-6-16(8-7-15)19(17,18)12-9-10(13)3-4-11(12)14/h3-4,9H,2,5-8,14H2,1H3. The van der Waals surface area contributed by atoms with Gasteiger partial charge in [-0.05, 0) is 38.2 Å². The van der Waals surface area contributed by atoms with Crippen molar-refractivity contribution in [1.82, 2.24) is 9.21 Å². The van der Waals surface area contributed by atoms with Crippen LogP contribution >= 0.6 is 15.9 Å². The maximum atomic E-state index is 12.6. The maximum absolute atomic E-state index is 12.6. The van der Waals surface area contributed by atoms with Crippen LogP contribution in [0.3, 0.4) is 0 Å². The molecule has 0 aliphatic carbocycles. The summed E-state index contributed by atoms with van der Waals surface area (Å²) >= 11 is 3.29. The van der Waals surface area contributed by atoms with Crippen LogP contribution in [0.25, 0.3) is 0 Å². The van der Waals surface area contributed by atoms with Gasteiger partial charge in [0, 0.05) is 24.1 Å². The molecule has 0 bridgehead atoms. The summed E-state index contributed by atoms with van der Waals surface area (Å²) in [5.41, 5.74) is 6.10. The van der Waals surface area contributed by atoms with Crippen LogP contribution in [0.1, 0.15) is 6.42 Å². The molecule has 1 aromatic rings. The predicted molar refractivity (Wildman–Crippen MR) is 79.4 cm³/mol. The zero-order valence-corrected chi connectivity index (χ0v) is 13.2. The second-order valence-corrected chi connectivity index (χ2v) is 7.57. The van der Waals surface area contributed by atoms with Gasteiger partial charge in [-0.15, -0.1) is 0 Å². The Bertz CT molecular complexity index is 562. The Morgan fingerprint density at radius 1 is 1.21 bits per heavy atom. The highest BCUT2D eigenvalue weighted by molar-refractivity contribution is 9.10. The van der Waals surface area contributed by atoms with E-state index in [0.29, 0.717) is 23.2 Å². The summed E-state index contributed by atoms with van der Waals surface area (Å²) in [6.07, 6.45) is 0.837. The molecule has 0 atom stereocenters. The van der Waals surface area contributed by atoms with E-state index in [4.69, 9.17) is 5.73 Å². The van der Waals surface area contributed by atoms with Crippen molar-refractivity contribution in [3.63, 3.8) is 0 Å². The zero-order chi connectivity index (χ0) is 14.0. The van der Waals surface area contributed by atoms with Crippen LogP contribution in [0.5, 0.6) is 0 Å². The molecule has 0 amide bonds. The van der Waals surface area contributed by atoms with Gasteiger partial charge in [-0.1, -0.05) is 15.9 Å². The van der Waals surface area contributed by atoms with Gasteiger partial charge in [-0.25, -0.2) is 8.42 Å². The third-order valence-corrected chi connectivity index (χ3v) is 5.72. The minimum atomic E-state index is -3.51. The average Bonchev–Trinajstić information content (AvgIpc) is 2.57. The van der Waals surface area contributed by atoms with E-state index in [2.05, 4.69) is 20.8 Å². The van der Waals surface area contributed by atoms with Crippen LogP contribution in [0.4, 0.5) is 5.69 Å². The lowest BCUT2D eigenvalue weighted by Gasteiger charge is -2.21. The number of nitrogens with two attached hydrogens (primary N) is 1. The Kier molecular flexibility index (Phi) is 4.50. The molecule has 1 aromatic carbocycles. The molecule has 19 heavy (non-hydrogen) atoms. The summed E-state index contributed by atoms with van der Waals surface area (Å²) in [6.45, 7) is 2.70. The fourth-order valence-electron chi connectivity index (χ4n) is 2.13. The molecule has 0 radical (unpaired) electrons. The molecule has 1 aliphatic rings. The number of halogens is 1. The highest BCUT2D eigenvalue weighted by Gasteiger charge is 2.27. The molecule has 1 aliphatic heterocycles. The lowest BCUT2D eigenvalue weighted by atomic mass is 10.3. The SMILES string of the molecule is CN1CCCN(S(=O)(=O)c2cc(Br)ccc2N)CC1.